The van der Waals surface area contributed by atoms with Crippen LogP contribution in [0.1, 0.15) is 37.0 Å². The standard InChI is InChI=1S/C21H27N5O/c1-21(2,3)18-14-19-23-16(15-9-7-6-8-10-15)13-17(26(19)24-18)20(27)22-11-12-25(4)5/h6-10,13-14H,11-12H2,1-5H3,(H,22,27). The van der Waals surface area contributed by atoms with Crippen molar-refractivity contribution in [3.8, 4) is 11.3 Å². The summed E-state index contributed by atoms with van der Waals surface area (Å²) in [5.41, 5.74) is 3.69. The largest absolute Gasteiger partial charge is 0.349 e. The van der Waals surface area contributed by atoms with Gasteiger partial charge in [-0.15, -0.1) is 0 Å². The van der Waals surface area contributed by atoms with E-state index in [2.05, 4.69) is 31.2 Å². The Hall–Kier alpha value is -2.73. The number of hydrogen-bond donors (Lipinski definition) is 1. The lowest BCUT2D eigenvalue weighted by atomic mass is 9.93. The van der Waals surface area contributed by atoms with Crippen LogP contribution in [0.4, 0.5) is 0 Å². The van der Waals surface area contributed by atoms with Crippen molar-refractivity contribution in [1.29, 1.82) is 0 Å². The summed E-state index contributed by atoms with van der Waals surface area (Å²) >= 11 is 0. The third-order valence-corrected chi connectivity index (χ3v) is 4.34. The number of fused-ring (bicyclic) bond motifs is 1. The maximum atomic E-state index is 12.9. The molecule has 0 spiro atoms. The molecule has 1 amide bonds. The molecule has 0 saturated heterocycles. The highest BCUT2D eigenvalue weighted by Gasteiger charge is 2.22. The Bertz CT molecular complexity index is 938. The third-order valence-electron chi connectivity index (χ3n) is 4.34. The second-order valence-corrected chi connectivity index (χ2v) is 8.00. The Morgan fingerprint density at radius 3 is 2.48 bits per heavy atom. The van der Waals surface area contributed by atoms with Gasteiger partial charge in [0.1, 0.15) is 5.69 Å². The molecule has 3 aromatic rings. The Morgan fingerprint density at radius 2 is 1.85 bits per heavy atom. The van der Waals surface area contributed by atoms with E-state index in [9.17, 15) is 4.79 Å². The van der Waals surface area contributed by atoms with Gasteiger partial charge in [0.2, 0.25) is 0 Å². The van der Waals surface area contributed by atoms with Crippen LogP contribution in [0.3, 0.4) is 0 Å². The van der Waals surface area contributed by atoms with Crippen molar-refractivity contribution in [2.45, 2.75) is 26.2 Å². The second-order valence-electron chi connectivity index (χ2n) is 8.00. The summed E-state index contributed by atoms with van der Waals surface area (Å²) in [4.78, 5) is 19.6. The van der Waals surface area contributed by atoms with Crippen LogP contribution < -0.4 is 5.32 Å². The molecule has 0 radical (unpaired) electrons. The highest BCUT2D eigenvalue weighted by atomic mass is 16.2. The molecule has 0 aliphatic heterocycles. The molecule has 1 aromatic carbocycles. The van der Waals surface area contributed by atoms with Crippen molar-refractivity contribution in [2.24, 2.45) is 0 Å². The molecular formula is C21H27N5O. The maximum absolute atomic E-state index is 12.9. The molecule has 6 heteroatoms. The van der Waals surface area contributed by atoms with Gasteiger partial charge in [-0.25, -0.2) is 9.50 Å². The van der Waals surface area contributed by atoms with Gasteiger partial charge in [0.15, 0.2) is 5.65 Å². The summed E-state index contributed by atoms with van der Waals surface area (Å²) in [6, 6.07) is 13.7. The number of nitrogens with one attached hydrogen (secondary N) is 1. The minimum Gasteiger partial charge on any atom is -0.349 e. The highest BCUT2D eigenvalue weighted by Crippen LogP contribution is 2.25. The number of carbonyl (C=O) groups is 1. The fourth-order valence-corrected chi connectivity index (χ4v) is 2.74. The van der Waals surface area contributed by atoms with E-state index in [0.29, 0.717) is 17.9 Å². The van der Waals surface area contributed by atoms with E-state index in [1.54, 1.807) is 4.52 Å². The first kappa shape index (κ1) is 19.0. The summed E-state index contributed by atoms with van der Waals surface area (Å²) in [7, 11) is 3.96. The Kier molecular flexibility index (Phi) is 5.28. The molecule has 1 N–H and O–H groups in total. The zero-order valence-electron chi connectivity index (χ0n) is 16.7. The van der Waals surface area contributed by atoms with Gasteiger partial charge in [-0.3, -0.25) is 4.79 Å². The zero-order valence-corrected chi connectivity index (χ0v) is 16.7. The average molecular weight is 365 g/mol. The lowest BCUT2D eigenvalue weighted by Gasteiger charge is -2.14. The first-order valence-corrected chi connectivity index (χ1v) is 9.15. The van der Waals surface area contributed by atoms with Gasteiger partial charge in [0.05, 0.1) is 11.4 Å². The van der Waals surface area contributed by atoms with Crippen LogP contribution >= 0.6 is 0 Å². The van der Waals surface area contributed by atoms with Crippen LogP contribution in [0.2, 0.25) is 0 Å². The lowest BCUT2D eigenvalue weighted by molar-refractivity contribution is 0.0943. The molecule has 142 valence electrons. The number of benzene rings is 1. The number of amides is 1. The average Bonchev–Trinajstić information content (AvgIpc) is 3.05. The summed E-state index contributed by atoms with van der Waals surface area (Å²) in [5.74, 6) is -0.148. The molecule has 0 aliphatic rings. The Balaban J connectivity index is 2.08. The number of rotatable bonds is 5. The van der Waals surface area contributed by atoms with E-state index < -0.39 is 0 Å². The minimum atomic E-state index is -0.148. The van der Waals surface area contributed by atoms with Crippen molar-refractivity contribution in [3.63, 3.8) is 0 Å². The number of aromatic nitrogens is 3. The third kappa shape index (κ3) is 4.34. The van der Waals surface area contributed by atoms with Crippen molar-refractivity contribution >= 4 is 11.6 Å². The number of nitrogens with zero attached hydrogens (tertiary/aromatic N) is 4. The van der Waals surface area contributed by atoms with Crippen LogP contribution in [-0.2, 0) is 5.41 Å². The molecule has 0 bridgehead atoms. The zero-order chi connectivity index (χ0) is 19.6. The van der Waals surface area contributed by atoms with Gasteiger partial charge in [-0.2, -0.15) is 5.10 Å². The van der Waals surface area contributed by atoms with Gasteiger partial charge in [0, 0.05) is 30.1 Å². The lowest BCUT2D eigenvalue weighted by Crippen LogP contribution is -2.32. The number of hydrogen-bond acceptors (Lipinski definition) is 4. The van der Waals surface area contributed by atoms with E-state index in [0.717, 1.165) is 23.5 Å². The van der Waals surface area contributed by atoms with Crippen molar-refractivity contribution in [2.75, 3.05) is 27.2 Å². The first-order chi connectivity index (χ1) is 12.8. The first-order valence-electron chi connectivity index (χ1n) is 9.15. The van der Waals surface area contributed by atoms with E-state index in [-0.39, 0.29) is 11.3 Å². The van der Waals surface area contributed by atoms with E-state index in [1.807, 2.05) is 61.5 Å². The molecule has 0 atom stereocenters. The van der Waals surface area contributed by atoms with E-state index >= 15 is 0 Å². The molecule has 0 fully saturated rings. The van der Waals surface area contributed by atoms with Crippen LogP contribution in [0.5, 0.6) is 0 Å². The van der Waals surface area contributed by atoms with Crippen LogP contribution in [0.15, 0.2) is 42.5 Å². The predicted molar refractivity (Wildman–Crippen MR) is 108 cm³/mol. The van der Waals surface area contributed by atoms with Gasteiger partial charge in [-0.1, -0.05) is 51.1 Å². The molecule has 0 aliphatic carbocycles. The maximum Gasteiger partial charge on any atom is 0.270 e. The van der Waals surface area contributed by atoms with Gasteiger partial charge < -0.3 is 10.2 Å². The molecule has 3 rings (SSSR count). The molecule has 6 nitrogen and oxygen atoms in total. The number of carbonyl (C=O) groups excluding carboxylic acids is 1. The van der Waals surface area contributed by atoms with Crippen LogP contribution in [0, 0.1) is 0 Å². The minimum absolute atomic E-state index is 0.126. The quantitative estimate of drug-likeness (QED) is 0.755. The van der Waals surface area contributed by atoms with Crippen molar-refractivity contribution in [1.82, 2.24) is 24.8 Å². The molecule has 0 saturated carbocycles. The van der Waals surface area contributed by atoms with E-state index in [4.69, 9.17) is 4.98 Å². The Labute approximate surface area is 160 Å². The molecule has 27 heavy (non-hydrogen) atoms. The van der Waals surface area contributed by atoms with Crippen LogP contribution in [0.25, 0.3) is 16.9 Å². The molecule has 0 unspecified atom stereocenters. The monoisotopic (exact) mass is 365 g/mol. The fourth-order valence-electron chi connectivity index (χ4n) is 2.74. The fraction of sp³-hybridized carbons (Fsp3) is 0.381. The van der Waals surface area contributed by atoms with Crippen molar-refractivity contribution in [3.05, 3.63) is 53.9 Å². The Morgan fingerprint density at radius 1 is 1.15 bits per heavy atom. The van der Waals surface area contributed by atoms with Crippen LogP contribution in [-0.4, -0.2) is 52.6 Å². The smallest absolute Gasteiger partial charge is 0.270 e. The van der Waals surface area contributed by atoms with Gasteiger partial charge in [0.25, 0.3) is 5.91 Å². The summed E-state index contributed by atoms with van der Waals surface area (Å²) in [5, 5.41) is 7.65. The second kappa shape index (κ2) is 7.48. The normalized spacial score (nSPS) is 11.9. The number of likely N-dealkylation sites (N-methyl/N-ethyl adjacent to an activating group) is 1. The summed E-state index contributed by atoms with van der Waals surface area (Å²) in [6.45, 7) is 7.65. The highest BCUT2D eigenvalue weighted by molar-refractivity contribution is 5.94. The van der Waals surface area contributed by atoms with Crippen molar-refractivity contribution < 1.29 is 4.79 Å². The predicted octanol–water partition coefficient (Wildman–Crippen LogP) is 2.99. The molecular weight excluding hydrogens is 338 g/mol. The summed E-state index contributed by atoms with van der Waals surface area (Å²) in [6.07, 6.45) is 0. The summed E-state index contributed by atoms with van der Waals surface area (Å²) < 4.78 is 1.65. The SMILES string of the molecule is CN(C)CCNC(=O)c1cc(-c2ccccc2)nc2cc(C(C)(C)C)nn12. The molecule has 2 heterocycles. The topological polar surface area (TPSA) is 62.5 Å². The van der Waals surface area contributed by atoms with Gasteiger partial charge in [-0.05, 0) is 20.2 Å². The van der Waals surface area contributed by atoms with Gasteiger partial charge >= 0.3 is 0 Å². The molecule has 2 aromatic heterocycles. The van der Waals surface area contributed by atoms with E-state index in [1.165, 1.54) is 0 Å².